The third-order valence-corrected chi connectivity index (χ3v) is 3.55. The Kier molecular flexibility index (Phi) is 9.83. The van der Waals surface area contributed by atoms with Crippen molar-refractivity contribution in [3.05, 3.63) is 23.8 Å². The van der Waals surface area contributed by atoms with Crippen LogP contribution in [0.4, 0.5) is 0 Å². The van der Waals surface area contributed by atoms with E-state index in [1.165, 1.54) is 12.4 Å². The lowest BCUT2D eigenvalue weighted by Gasteiger charge is -2.21. The number of hydrogen-bond acceptors (Lipinski definition) is 10. The fourth-order valence-corrected chi connectivity index (χ4v) is 1.93. The van der Waals surface area contributed by atoms with Crippen LogP contribution in [0.3, 0.4) is 0 Å². The van der Waals surface area contributed by atoms with Crippen LogP contribution in [0.5, 0.6) is 0 Å². The number of aromatic nitrogens is 2. The molecule has 1 aromatic rings. The van der Waals surface area contributed by atoms with Gasteiger partial charge in [0.25, 0.3) is 0 Å². The average Bonchev–Trinajstić information content (AvgIpc) is 2.63. The highest BCUT2D eigenvalue weighted by Crippen LogP contribution is 2.00. The maximum atomic E-state index is 9.47. The van der Waals surface area contributed by atoms with E-state index in [0.29, 0.717) is 11.4 Å². The van der Waals surface area contributed by atoms with Gasteiger partial charge < -0.3 is 41.3 Å². The summed E-state index contributed by atoms with van der Waals surface area (Å²) in [5.41, 5.74) is 1.16. The van der Waals surface area contributed by atoms with Crippen molar-refractivity contribution in [3.8, 4) is 0 Å². The van der Waals surface area contributed by atoms with Crippen LogP contribution in [0.15, 0.2) is 12.4 Å². The number of nitrogens with one attached hydrogen (secondary N) is 2. The van der Waals surface area contributed by atoms with Crippen molar-refractivity contribution >= 4 is 0 Å². The third-order valence-electron chi connectivity index (χ3n) is 3.55. The summed E-state index contributed by atoms with van der Waals surface area (Å²) in [6, 6.07) is -1.33. The Morgan fingerprint density at radius 2 is 1.08 bits per heavy atom. The Morgan fingerprint density at radius 1 is 0.708 bits per heavy atom. The lowest BCUT2D eigenvalue weighted by Crippen LogP contribution is -2.44. The second-order valence-corrected chi connectivity index (χ2v) is 5.34. The van der Waals surface area contributed by atoms with Crippen molar-refractivity contribution in [3.63, 3.8) is 0 Å². The van der Waals surface area contributed by atoms with E-state index in [1.807, 2.05) is 0 Å². The summed E-state index contributed by atoms with van der Waals surface area (Å²) in [6.45, 7) is -1.06. The fraction of sp³-hybridized carbons (Fsp3) is 0.714. The molecule has 24 heavy (non-hydrogen) atoms. The highest BCUT2D eigenvalue weighted by atomic mass is 16.3. The predicted molar refractivity (Wildman–Crippen MR) is 83.6 cm³/mol. The maximum absolute atomic E-state index is 9.47. The number of hydrogen-bond donors (Lipinski definition) is 8. The number of nitrogens with zero attached hydrogens (tertiary/aromatic N) is 2. The largest absolute Gasteiger partial charge is 0.395 e. The molecule has 0 aliphatic heterocycles. The monoisotopic (exact) mass is 346 g/mol. The molecule has 4 unspecified atom stereocenters. The molecule has 0 spiro atoms. The first-order valence-electron chi connectivity index (χ1n) is 7.61. The summed E-state index contributed by atoms with van der Waals surface area (Å²) in [6.07, 6.45) is 0.889. The van der Waals surface area contributed by atoms with Crippen LogP contribution in [0.25, 0.3) is 0 Å². The second kappa shape index (κ2) is 11.3. The molecule has 1 heterocycles. The van der Waals surface area contributed by atoms with Gasteiger partial charge in [0.05, 0.1) is 74.5 Å². The van der Waals surface area contributed by atoms with Gasteiger partial charge in [-0.15, -0.1) is 0 Å². The van der Waals surface area contributed by atoms with Gasteiger partial charge in [-0.1, -0.05) is 0 Å². The molecule has 0 saturated carbocycles. The van der Waals surface area contributed by atoms with Gasteiger partial charge in [0.2, 0.25) is 0 Å². The smallest absolute Gasteiger partial charge is 0.0945 e. The first-order valence-corrected chi connectivity index (χ1v) is 7.61. The van der Waals surface area contributed by atoms with Crippen molar-refractivity contribution in [2.24, 2.45) is 0 Å². The third kappa shape index (κ3) is 6.71. The van der Waals surface area contributed by atoms with Crippen LogP contribution in [-0.2, 0) is 13.1 Å². The zero-order valence-corrected chi connectivity index (χ0v) is 13.3. The SMILES string of the molecule is OCC(O)C(CO)NCc1cnc(CNC(CO)C(O)CO)cn1. The minimum absolute atomic E-state index is 0.255. The molecule has 0 bridgehead atoms. The highest BCUT2D eigenvalue weighted by molar-refractivity contribution is 5.03. The van der Waals surface area contributed by atoms with E-state index < -0.39 is 37.5 Å². The van der Waals surface area contributed by atoms with Crippen LogP contribution in [0.2, 0.25) is 0 Å². The molecule has 0 radical (unpaired) electrons. The van der Waals surface area contributed by atoms with Crippen LogP contribution in [-0.4, -0.2) is 91.3 Å². The van der Waals surface area contributed by atoms with E-state index in [-0.39, 0.29) is 26.3 Å². The summed E-state index contributed by atoms with van der Waals surface area (Å²) in [4.78, 5) is 8.35. The van der Waals surface area contributed by atoms with Gasteiger partial charge in [0, 0.05) is 13.1 Å². The van der Waals surface area contributed by atoms with Crippen LogP contribution in [0.1, 0.15) is 11.4 Å². The quantitative estimate of drug-likeness (QED) is 0.187. The molecule has 138 valence electrons. The van der Waals surface area contributed by atoms with Gasteiger partial charge in [-0.05, 0) is 0 Å². The molecule has 10 heteroatoms. The van der Waals surface area contributed by atoms with Crippen molar-refractivity contribution in [1.82, 2.24) is 20.6 Å². The van der Waals surface area contributed by atoms with E-state index in [0.717, 1.165) is 0 Å². The standard InChI is InChI=1S/C14H26N4O6/c19-5-11(13(23)7-21)17-3-9-1-15-10(2-16-9)4-18-12(6-20)14(24)8-22/h1-2,11-14,17-24H,3-8H2. The van der Waals surface area contributed by atoms with Crippen molar-refractivity contribution in [1.29, 1.82) is 0 Å². The molecule has 0 aliphatic carbocycles. The molecule has 10 nitrogen and oxygen atoms in total. The Hall–Kier alpha value is -1.24. The zero-order valence-electron chi connectivity index (χ0n) is 13.3. The van der Waals surface area contributed by atoms with Crippen molar-refractivity contribution < 1.29 is 30.6 Å². The van der Waals surface area contributed by atoms with E-state index in [4.69, 9.17) is 20.4 Å². The summed E-state index contributed by atoms with van der Waals surface area (Å²) in [5.74, 6) is 0. The van der Waals surface area contributed by atoms with Gasteiger partial charge in [-0.2, -0.15) is 0 Å². The number of aliphatic hydroxyl groups excluding tert-OH is 6. The molecule has 0 aromatic carbocycles. The minimum Gasteiger partial charge on any atom is -0.395 e. The van der Waals surface area contributed by atoms with E-state index in [1.54, 1.807) is 0 Å². The minimum atomic E-state index is -1.07. The fourth-order valence-electron chi connectivity index (χ4n) is 1.93. The summed E-state index contributed by atoms with van der Waals surface area (Å²) >= 11 is 0. The molecular weight excluding hydrogens is 320 g/mol. The molecule has 1 rings (SSSR count). The van der Waals surface area contributed by atoms with E-state index >= 15 is 0 Å². The van der Waals surface area contributed by atoms with Gasteiger partial charge in [-0.3, -0.25) is 9.97 Å². The van der Waals surface area contributed by atoms with Gasteiger partial charge in [0.1, 0.15) is 0 Å². The number of aliphatic hydroxyl groups is 6. The summed E-state index contributed by atoms with van der Waals surface area (Å²) < 4.78 is 0. The Bertz CT molecular complexity index is 408. The Labute approximate surface area is 139 Å². The topological polar surface area (TPSA) is 171 Å². The second-order valence-electron chi connectivity index (χ2n) is 5.34. The van der Waals surface area contributed by atoms with Crippen LogP contribution >= 0.6 is 0 Å². The summed E-state index contributed by atoms with van der Waals surface area (Å²) in [5, 5.41) is 60.7. The molecule has 0 amide bonds. The highest BCUT2D eigenvalue weighted by Gasteiger charge is 2.18. The first-order chi connectivity index (χ1) is 11.5. The first kappa shape index (κ1) is 20.8. The average molecular weight is 346 g/mol. The lowest BCUT2D eigenvalue weighted by atomic mass is 10.2. The van der Waals surface area contributed by atoms with Crippen LogP contribution < -0.4 is 10.6 Å². The summed E-state index contributed by atoms with van der Waals surface area (Å²) in [7, 11) is 0. The predicted octanol–water partition coefficient (Wildman–Crippen LogP) is -3.92. The molecule has 8 N–H and O–H groups in total. The zero-order chi connectivity index (χ0) is 17.9. The molecule has 4 atom stereocenters. The Balaban J connectivity index is 2.48. The Morgan fingerprint density at radius 3 is 1.33 bits per heavy atom. The molecule has 0 saturated heterocycles. The van der Waals surface area contributed by atoms with E-state index in [9.17, 15) is 10.2 Å². The molecule has 0 aliphatic rings. The number of rotatable bonds is 12. The van der Waals surface area contributed by atoms with Gasteiger partial charge in [0.15, 0.2) is 0 Å². The molecule has 1 aromatic heterocycles. The van der Waals surface area contributed by atoms with Crippen LogP contribution in [0, 0.1) is 0 Å². The van der Waals surface area contributed by atoms with Crippen molar-refractivity contribution in [2.75, 3.05) is 26.4 Å². The normalized spacial score (nSPS) is 16.6. The van der Waals surface area contributed by atoms with Crippen molar-refractivity contribution in [2.45, 2.75) is 37.4 Å². The van der Waals surface area contributed by atoms with Gasteiger partial charge >= 0.3 is 0 Å². The lowest BCUT2D eigenvalue weighted by molar-refractivity contribution is 0.0407. The molecular formula is C14H26N4O6. The molecule has 0 fully saturated rings. The van der Waals surface area contributed by atoms with Gasteiger partial charge in [-0.25, -0.2) is 0 Å². The van der Waals surface area contributed by atoms with E-state index in [2.05, 4.69) is 20.6 Å². The maximum Gasteiger partial charge on any atom is 0.0945 e.